The van der Waals surface area contributed by atoms with E-state index in [4.69, 9.17) is 0 Å². The van der Waals surface area contributed by atoms with Gasteiger partial charge in [-0.1, -0.05) is 30.3 Å². The highest BCUT2D eigenvalue weighted by molar-refractivity contribution is 5.93. The Kier molecular flexibility index (Phi) is 4.27. The van der Waals surface area contributed by atoms with E-state index in [0.29, 0.717) is 25.2 Å². The number of hydrogen-bond acceptors (Lipinski definition) is 3. The number of hydrogen-bond donors (Lipinski definition) is 3. The van der Waals surface area contributed by atoms with Gasteiger partial charge in [-0.25, -0.2) is 0 Å². The number of nitrogens with one attached hydrogen (secondary N) is 2. The summed E-state index contributed by atoms with van der Waals surface area (Å²) in [4.78, 5) is 17.4. The standard InChI is InChI=1S/C17H21N3O2/c1-20-11-14(21)9-13(20)10-18-17(22)16-8-7-15(19-16)12-5-3-2-4-6-12/h2-8,13-14,19,21H,9-11H2,1H3,(H,18,22). The Morgan fingerprint density at radius 1 is 1.32 bits per heavy atom. The molecule has 2 unspecified atom stereocenters. The van der Waals surface area contributed by atoms with Crippen LogP contribution in [-0.4, -0.2) is 53.2 Å². The molecule has 5 heteroatoms. The van der Waals surface area contributed by atoms with Gasteiger partial charge < -0.3 is 15.4 Å². The Morgan fingerprint density at radius 3 is 2.77 bits per heavy atom. The van der Waals surface area contributed by atoms with Crippen LogP contribution in [0.3, 0.4) is 0 Å². The SMILES string of the molecule is CN1CC(O)CC1CNC(=O)c1ccc(-c2ccccc2)[nH]1. The molecule has 1 aromatic heterocycles. The van der Waals surface area contributed by atoms with E-state index in [1.807, 2.05) is 43.4 Å². The number of rotatable bonds is 4. The Bertz CT molecular complexity index is 638. The fraction of sp³-hybridized carbons (Fsp3) is 0.353. The van der Waals surface area contributed by atoms with Crippen molar-refractivity contribution in [3.05, 3.63) is 48.2 Å². The fourth-order valence-corrected chi connectivity index (χ4v) is 2.91. The van der Waals surface area contributed by atoms with E-state index in [9.17, 15) is 9.90 Å². The summed E-state index contributed by atoms with van der Waals surface area (Å²) in [7, 11) is 1.97. The number of β-amino-alcohol motifs (C(OH)–C–C–N with tert-alkyl or cyclic N) is 1. The summed E-state index contributed by atoms with van der Waals surface area (Å²) in [6, 6.07) is 13.8. The average Bonchev–Trinajstić information content (AvgIpc) is 3.12. The van der Waals surface area contributed by atoms with Crippen LogP contribution in [0.25, 0.3) is 11.3 Å². The minimum atomic E-state index is -0.290. The van der Waals surface area contributed by atoms with Crippen LogP contribution < -0.4 is 5.32 Å². The highest BCUT2D eigenvalue weighted by Gasteiger charge is 2.28. The molecular weight excluding hydrogens is 278 g/mol. The summed E-state index contributed by atoms with van der Waals surface area (Å²) in [5, 5.41) is 12.6. The molecule has 116 valence electrons. The van der Waals surface area contributed by atoms with Crippen LogP contribution in [-0.2, 0) is 0 Å². The molecule has 2 aromatic rings. The Labute approximate surface area is 130 Å². The lowest BCUT2D eigenvalue weighted by Crippen LogP contribution is -2.38. The molecule has 1 fully saturated rings. The summed E-state index contributed by atoms with van der Waals surface area (Å²) in [5.74, 6) is -0.114. The number of amides is 1. The zero-order chi connectivity index (χ0) is 15.5. The van der Waals surface area contributed by atoms with Gasteiger partial charge in [-0.2, -0.15) is 0 Å². The molecule has 22 heavy (non-hydrogen) atoms. The van der Waals surface area contributed by atoms with Crippen LogP contribution in [0.2, 0.25) is 0 Å². The van der Waals surface area contributed by atoms with Crippen molar-refractivity contribution in [3.8, 4) is 11.3 Å². The number of carbonyl (C=O) groups is 1. The second-order valence-electron chi connectivity index (χ2n) is 5.84. The number of aliphatic hydroxyl groups excluding tert-OH is 1. The third kappa shape index (κ3) is 3.21. The number of carbonyl (C=O) groups excluding carboxylic acids is 1. The lowest BCUT2D eigenvalue weighted by atomic mass is 10.2. The van der Waals surface area contributed by atoms with E-state index in [1.165, 1.54) is 0 Å². The van der Waals surface area contributed by atoms with E-state index in [0.717, 1.165) is 11.3 Å². The molecule has 2 atom stereocenters. The minimum absolute atomic E-state index is 0.114. The molecule has 5 nitrogen and oxygen atoms in total. The monoisotopic (exact) mass is 299 g/mol. The van der Waals surface area contributed by atoms with Crippen molar-refractivity contribution in [2.24, 2.45) is 0 Å². The molecule has 0 saturated carbocycles. The predicted octanol–water partition coefficient (Wildman–Crippen LogP) is 1.48. The molecule has 0 spiro atoms. The van der Waals surface area contributed by atoms with Crippen LogP contribution in [0.15, 0.2) is 42.5 Å². The second kappa shape index (κ2) is 6.34. The maximum absolute atomic E-state index is 12.2. The van der Waals surface area contributed by atoms with Gasteiger partial charge >= 0.3 is 0 Å². The molecule has 2 heterocycles. The smallest absolute Gasteiger partial charge is 0.267 e. The molecule has 1 aliphatic rings. The summed E-state index contributed by atoms with van der Waals surface area (Å²) in [6.45, 7) is 1.22. The van der Waals surface area contributed by atoms with Gasteiger partial charge in [0.05, 0.1) is 6.10 Å². The first kappa shape index (κ1) is 14.8. The van der Waals surface area contributed by atoms with Crippen molar-refractivity contribution in [1.82, 2.24) is 15.2 Å². The first-order valence-electron chi connectivity index (χ1n) is 7.54. The quantitative estimate of drug-likeness (QED) is 0.801. The van der Waals surface area contributed by atoms with Gasteiger partial charge in [-0.05, 0) is 31.2 Å². The normalized spacial score (nSPS) is 21.9. The molecule has 3 N–H and O–H groups in total. The Balaban J connectivity index is 1.60. The van der Waals surface area contributed by atoms with Crippen molar-refractivity contribution in [2.75, 3.05) is 20.1 Å². The molecule has 0 aliphatic carbocycles. The number of aromatic nitrogens is 1. The summed E-state index contributed by atoms with van der Waals surface area (Å²) in [5.41, 5.74) is 2.54. The highest BCUT2D eigenvalue weighted by Crippen LogP contribution is 2.18. The van der Waals surface area contributed by atoms with Crippen molar-refractivity contribution < 1.29 is 9.90 Å². The molecule has 1 aromatic carbocycles. The van der Waals surface area contributed by atoms with Crippen molar-refractivity contribution in [2.45, 2.75) is 18.6 Å². The van der Waals surface area contributed by atoms with Crippen LogP contribution in [0.5, 0.6) is 0 Å². The molecule has 3 rings (SSSR count). The molecular formula is C17H21N3O2. The number of benzene rings is 1. The summed E-state index contributed by atoms with van der Waals surface area (Å²) in [6.07, 6.45) is 0.415. The number of likely N-dealkylation sites (N-methyl/N-ethyl adjacent to an activating group) is 1. The Morgan fingerprint density at radius 2 is 2.09 bits per heavy atom. The van der Waals surface area contributed by atoms with Crippen molar-refractivity contribution in [3.63, 3.8) is 0 Å². The van der Waals surface area contributed by atoms with E-state index >= 15 is 0 Å². The molecule has 1 aliphatic heterocycles. The van der Waals surface area contributed by atoms with Crippen molar-refractivity contribution >= 4 is 5.91 Å². The second-order valence-corrected chi connectivity index (χ2v) is 5.84. The largest absolute Gasteiger partial charge is 0.392 e. The van der Waals surface area contributed by atoms with Gasteiger partial charge in [-0.3, -0.25) is 9.69 Å². The van der Waals surface area contributed by atoms with Gasteiger partial charge in [0.25, 0.3) is 5.91 Å². The summed E-state index contributed by atoms with van der Waals surface area (Å²) >= 11 is 0. The zero-order valence-corrected chi connectivity index (χ0v) is 12.6. The number of aromatic amines is 1. The fourth-order valence-electron chi connectivity index (χ4n) is 2.91. The number of nitrogens with zero attached hydrogens (tertiary/aromatic N) is 1. The zero-order valence-electron chi connectivity index (χ0n) is 12.6. The summed E-state index contributed by atoms with van der Waals surface area (Å²) < 4.78 is 0. The average molecular weight is 299 g/mol. The van der Waals surface area contributed by atoms with Gasteiger partial charge in [0.1, 0.15) is 5.69 Å². The van der Waals surface area contributed by atoms with Gasteiger partial charge in [0.15, 0.2) is 0 Å². The first-order valence-corrected chi connectivity index (χ1v) is 7.54. The predicted molar refractivity (Wildman–Crippen MR) is 85.6 cm³/mol. The van der Waals surface area contributed by atoms with Crippen LogP contribution >= 0.6 is 0 Å². The van der Waals surface area contributed by atoms with E-state index < -0.39 is 0 Å². The third-order valence-corrected chi connectivity index (χ3v) is 4.18. The molecule has 0 bridgehead atoms. The lowest BCUT2D eigenvalue weighted by Gasteiger charge is -2.18. The van der Waals surface area contributed by atoms with Gasteiger partial charge in [-0.15, -0.1) is 0 Å². The molecule has 1 amide bonds. The maximum Gasteiger partial charge on any atom is 0.267 e. The van der Waals surface area contributed by atoms with Crippen LogP contribution in [0, 0.1) is 0 Å². The first-order chi connectivity index (χ1) is 10.6. The number of H-pyrrole nitrogens is 1. The molecule has 1 saturated heterocycles. The van der Waals surface area contributed by atoms with Gasteiger partial charge in [0.2, 0.25) is 0 Å². The van der Waals surface area contributed by atoms with Crippen LogP contribution in [0.4, 0.5) is 0 Å². The topological polar surface area (TPSA) is 68.4 Å². The van der Waals surface area contributed by atoms with Crippen LogP contribution in [0.1, 0.15) is 16.9 Å². The van der Waals surface area contributed by atoms with E-state index in [2.05, 4.69) is 15.2 Å². The van der Waals surface area contributed by atoms with Gasteiger partial charge in [0, 0.05) is 24.8 Å². The van der Waals surface area contributed by atoms with E-state index in [-0.39, 0.29) is 18.1 Å². The minimum Gasteiger partial charge on any atom is -0.392 e. The number of likely N-dealkylation sites (tertiary alicyclic amines) is 1. The maximum atomic E-state index is 12.2. The number of aliphatic hydroxyl groups is 1. The Hall–Kier alpha value is -2.11. The lowest BCUT2D eigenvalue weighted by molar-refractivity contribution is 0.0939. The van der Waals surface area contributed by atoms with Crippen molar-refractivity contribution in [1.29, 1.82) is 0 Å². The third-order valence-electron chi connectivity index (χ3n) is 4.18. The molecule has 0 radical (unpaired) electrons. The van der Waals surface area contributed by atoms with E-state index in [1.54, 1.807) is 6.07 Å². The highest BCUT2D eigenvalue weighted by atomic mass is 16.3.